The molecule has 0 amide bonds. The summed E-state index contributed by atoms with van der Waals surface area (Å²) in [6, 6.07) is 44.7. The van der Waals surface area contributed by atoms with Crippen molar-refractivity contribution >= 4 is 27.0 Å². The van der Waals surface area contributed by atoms with Gasteiger partial charge in [0, 0.05) is 0 Å². The molecule has 2 aliphatic rings. The van der Waals surface area contributed by atoms with E-state index in [4.69, 9.17) is 0 Å². The Kier molecular flexibility index (Phi) is 15.5. The second-order valence-corrected chi connectivity index (χ2v) is 26.4. The van der Waals surface area contributed by atoms with Gasteiger partial charge >= 0.3 is 41.6 Å². The van der Waals surface area contributed by atoms with Gasteiger partial charge in [0.05, 0.1) is 0 Å². The predicted molar refractivity (Wildman–Crippen MR) is 199 cm³/mol. The molecule has 0 nitrogen and oxygen atoms in total. The quantitative estimate of drug-likeness (QED) is 0.129. The van der Waals surface area contributed by atoms with Gasteiger partial charge in [-0.3, -0.25) is 0 Å². The van der Waals surface area contributed by atoms with E-state index in [1.54, 1.807) is 11.1 Å². The molecular formula is C44H48Cl2HfSi-2. The molecule has 6 aromatic rings. The molecule has 6 aromatic carbocycles. The van der Waals surface area contributed by atoms with Gasteiger partial charge in [0.2, 0.25) is 0 Å². The normalized spacial score (nSPS) is 14.9. The third-order valence-corrected chi connectivity index (χ3v) is 9.87. The van der Waals surface area contributed by atoms with Gasteiger partial charge in [-0.05, 0) is 48.6 Å². The third kappa shape index (κ3) is 9.93. The summed E-state index contributed by atoms with van der Waals surface area (Å²) in [6.45, 7) is 4.66. The first-order chi connectivity index (χ1) is 22.6. The number of rotatable bonds is 4. The van der Waals surface area contributed by atoms with E-state index in [0.717, 1.165) is 11.8 Å². The van der Waals surface area contributed by atoms with Gasteiger partial charge in [-0.1, -0.05) is 122 Å². The second kappa shape index (κ2) is 19.2. The molecule has 0 atom stereocenters. The fourth-order valence-corrected chi connectivity index (χ4v) is 7.60. The van der Waals surface area contributed by atoms with Crippen molar-refractivity contribution in [3.63, 3.8) is 0 Å². The Morgan fingerprint density at radius 2 is 0.854 bits per heavy atom. The minimum absolute atomic E-state index is 0. The van der Waals surface area contributed by atoms with Crippen LogP contribution in [0.1, 0.15) is 87.2 Å². The van der Waals surface area contributed by atoms with Crippen molar-refractivity contribution in [3.8, 4) is 22.3 Å². The first kappa shape index (κ1) is 38.6. The summed E-state index contributed by atoms with van der Waals surface area (Å²) in [5.41, 5.74) is 8.77. The van der Waals surface area contributed by atoms with E-state index >= 15 is 0 Å². The maximum atomic E-state index is 2.45. The zero-order valence-corrected chi connectivity index (χ0v) is 34.6. The van der Waals surface area contributed by atoms with Crippen molar-refractivity contribution in [2.75, 3.05) is 0 Å². The standard InChI is InChI=1S/2C21H21.C2H6Si.2ClH.Hf/c2*1-3-8-16(9-4-1)19-14-18-12-7-13-20(21(18)15-19)17-10-5-2-6-11-17;1-3-2;;;/h2*2,5-7,10-16H,1,3-4,8-9H2;1-2H3;2*1H;/q2*-1;;;;+2/p-2. The molecule has 0 spiro atoms. The average molecular weight is 854 g/mol. The number of benzene rings is 4. The molecule has 0 aliphatic heterocycles. The second-order valence-electron chi connectivity index (χ2n) is 13.6. The number of fused-ring (bicyclic) bond motifs is 2. The van der Waals surface area contributed by atoms with Crippen LogP contribution in [0.25, 0.3) is 43.8 Å². The fraction of sp³-hybridized carbons (Fsp3) is 0.318. The van der Waals surface area contributed by atoms with Crippen LogP contribution in [0.4, 0.5) is 0 Å². The molecule has 0 unspecified atom stereocenters. The van der Waals surface area contributed by atoms with E-state index in [-0.39, 0.29) is 30.3 Å². The minimum atomic E-state index is 0. The van der Waals surface area contributed by atoms with Gasteiger partial charge in [-0.15, -0.1) is 69.1 Å². The zero-order valence-electron chi connectivity index (χ0n) is 28.5. The molecule has 0 aromatic heterocycles. The molecule has 8 rings (SSSR count). The molecule has 48 heavy (non-hydrogen) atoms. The average Bonchev–Trinajstić information content (AvgIpc) is 3.75. The topological polar surface area (TPSA) is 0 Å². The van der Waals surface area contributed by atoms with Crippen molar-refractivity contribution in [2.24, 2.45) is 0 Å². The van der Waals surface area contributed by atoms with Gasteiger partial charge < -0.3 is 24.8 Å². The number of hydrogen-bond donors (Lipinski definition) is 0. The van der Waals surface area contributed by atoms with Gasteiger partial charge in [-0.25, -0.2) is 0 Å². The van der Waals surface area contributed by atoms with Crippen LogP contribution in [0.15, 0.2) is 121 Å². The van der Waals surface area contributed by atoms with E-state index in [1.807, 2.05) is 0 Å². The van der Waals surface area contributed by atoms with Gasteiger partial charge in [0.15, 0.2) is 0 Å². The van der Waals surface area contributed by atoms with Crippen molar-refractivity contribution in [2.45, 2.75) is 89.1 Å². The van der Waals surface area contributed by atoms with E-state index in [9.17, 15) is 0 Å². The molecule has 0 heterocycles. The molecule has 2 aliphatic carbocycles. The maximum Gasteiger partial charge on any atom is -0.0279 e. The van der Waals surface area contributed by atoms with Crippen LogP contribution in [-0.4, -0.2) is 5.49 Å². The molecule has 0 saturated heterocycles. The molecule has 0 bridgehead atoms. The van der Waals surface area contributed by atoms with Crippen LogP contribution in [-0.2, 0) is 23.0 Å². The van der Waals surface area contributed by atoms with Crippen molar-refractivity contribution < 1.29 is 47.8 Å². The molecule has 0 N–H and O–H groups in total. The maximum absolute atomic E-state index is 2.45. The summed E-state index contributed by atoms with van der Waals surface area (Å²) in [6.07, 6.45) is 13.9. The monoisotopic (exact) mass is 854 g/mol. The van der Waals surface area contributed by atoms with Crippen LogP contribution in [0, 0.1) is 0 Å². The van der Waals surface area contributed by atoms with E-state index in [1.165, 1.54) is 131 Å². The predicted octanol–water partition coefficient (Wildman–Crippen LogP) is 7.34. The SMILES string of the molecule is C[Si](C)=[Hf+2].[Cl-].[Cl-].c1ccc(-c2cccc3[cH-]c(C4CCCCC4)cc23)cc1.c1ccc(-c2cccc3[cH-]c(C4CCCCC4)cc23)cc1. The van der Waals surface area contributed by atoms with Gasteiger partial charge in [-0.2, -0.15) is 12.1 Å². The Morgan fingerprint density at radius 3 is 1.21 bits per heavy atom. The van der Waals surface area contributed by atoms with Crippen LogP contribution in [0.5, 0.6) is 0 Å². The Bertz CT molecular complexity index is 1710. The van der Waals surface area contributed by atoms with Crippen molar-refractivity contribution in [3.05, 3.63) is 132 Å². The summed E-state index contributed by atoms with van der Waals surface area (Å²) in [5, 5.41) is 5.64. The van der Waals surface area contributed by atoms with E-state index in [0.29, 0.717) is 0 Å². The summed E-state index contributed by atoms with van der Waals surface area (Å²) in [7, 11) is 0. The van der Waals surface area contributed by atoms with Crippen LogP contribution in [0.2, 0.25) is 13.1 Å². The summed E-state index contributed by atoms with van der Waals surface area (Å²) in [4.78, 5) is 0. The fourth-order valence-electron chi connectivity index (χ4n) is 7.60. The molecule has 0 radical (unpaired) electrons. The smallest absolute Gasteiger partial charge is 0.0279 e. The Balaban J connectivity index is 0.000000188. The molecule has 2 saturated carbocycles. The van der Waals surface area contributed by atoms with Crippen molar-refractivity contribution in [1.29, 1.82) is 0 Å². The van der Waals surface area contributed by atoms with Crippen molar-refractivity contribution in [1.82, 2.24) is 0 Å². The van der Waals surface area contributed by atoms with Gasteiger partial charge in [0.1, 0.15) is 0 Å². The summed E-state index contributed by atoms with van der Waals surface area (Å²) >= 11 is 1.45. The van der Waals surface area contributed by atoms with Crippen LogP contribution >= 0.6 is 0 Å². The molecule has 4 heteroatoms. The first-order valence-corrected chi connectivity index (χ1v) is 25.5. The first-order valence-electron chi connectivity index (χ1n) is 17.6. The van der Waals surface area contributed by atoms with E-state index in [2.05, 4.69) is 134 Å². The summed E-state index contributed by atoms with van der Waals surface area (Å²) in [5.74, 6) is 1.57. The minimum Gasteiger partial charge on any atom is -1.00 e. The molecule has 2 fully saturated rings. The third-order valence-electron chi connectivity index (χ3n) is 9.87. The van der Waals surface area contributed by atoms with Gasteiger partial charge in [0.25, 0.3) is 0 Å². The van der Waals surface area contributed by atoms with Crippen LogP contribution in [0.3, 0.4) is 0 Å². The zero-order chi connectivity index (χ0) is 31.7. The largest absolute Gasteiger partial charge is 1.00 e. The number of halogens is 2. The molecular weight excluding hydrogens is 806 g/mol. The van der Waals surface area contributed by atoms with Crippen LogP contribution < -0.4 is 24.8 Å². The van der Waals surface area contributed by atoms with E-state index < -0.39 is 0 Å². The number of hydrogen-bond acceptors (Lipinski definition) is 0. The Morgan fingerprint density at radius 1 is 0.500 bits per heavy atom. The summed E-state index contributed by atoms with van der Waals surface area (Å²) < 4.78 is 0. The molecule has 248 valence electrons. The Labute approximate surface area is 316 Å². The Hall–Kier alpha value is -2.23.